The van der Waals surface area contributed by atoms with Crippen molar-refractivity contribution in [3.63, 3.8) is 0 Å². The Morgan fingerprint density at radius 2 is 2.00 bits per heavy atom. The van der Waals surface area contributed by atoms with Crippen LogP contribution in [0.3, 0.4) is 0 Å². The number of aliphatic hydroxyl groups excluding tert-OH is 2. The molecule has 1 heterocycles. The minimum absolute atomic E-state index is 0. The second-order valence-corrected chi connectivity index (χ2v) is 4.45. The molecular formula is C15H16BFN2O2W. The van der Waals surface area contributed by atoms with E-state index < -0.39 is 11.9 Å². The molecule has 4 nitrogen and oxygen atoms in total. The largest absolute Gasteiger partial charge is 0.400 e. The van der Waals surface area contributed by atoms with Gasteiger partial charge >= 0.3 is 0 Å². The molecule has 114 valence electrons. The number of pyridine rings is 1. The molecule has 1 unspecified atom stereocenters. The number of hydrogen-bond acceptors (Lipinski definition) is 4. The van der Waals surface area contributed by atoms with Crippen molar-refractivity contribution in [3.8, 4) is 6.07 Å². The summed E-state index contributed by atoms with van der Waals surface area (Å²) in [5.74, 6) is -0.462. The minimum atomic E-state index is -0.812. The van der Waals surface area contributed by atoms with Crippen LogP contribution in [0, 0.1) is 24.1 Å². The van der Waals surface area contributed by atoms with Gasteiger partial charge in [0.25, 0.3) is 0 Å². The van der Waals surface area contributed by atoms with Gasteiger partial charge in [0.1, 0.15) is 13.7 Å². The molecule has 0 amide bonds. The van der Waals surface area contributed by atoms with E-state index in [1.165, 1.54) is 6.07 Å². The molecule has 0 spiro atoms. The third-order valence-corrected chi connectivity index (χ3v) is 3.02. The number of benzene rings is 1. The van der Waals surface area contributed by atoms with Gasteiger partial charge in [0.15, 0.2) is 0 Å². The Kier molecular flexibility index (Phi) is 9.12. The zero-order chi connectivity index (χ0) is 16.0. The van der Waals surface area contributed by atoms with Gasteiger partial charge in [-0.05, 0) is 31.5 Å². The van der Waals surface area contributed by atoms with E-state index in [9.17, 15) is 9.50 Å². The molecule has 2 aromatic rings. The zero-order valence-corrected chi connectivity index (χ0v) is 15.3. The van der Waals surface area contributed by atoms with E-state index in [1.54, 1.807) is 19.1 Å². The summed E-state index contributed by atoms with van der Waals surface area (Å²) in [6, 6.07) is 6.37. The fraction of sp³-hybridized carbons (Fsp3) is 0.333. The van der Waals surface area contributed by atoms with E-state index in [4.69, 9.17) is 18.2 Å². The van der Waals surface area contributed by atoms with E-state index >= 15 is 0 Å². The van der Waals surface area contributed by atoms with Gasteiger partial charge < -0.3 is 10.2 Å². The second kappa shape index (κ2) is 9.68. The Hall–Kier alpha value is -1.28. The van der Waals surface area contributed by atoms with Crippen LogP contribution in [0.1, 0.15) is 30.2 Å². The fourth-order valence-electron chi connectivity index (χ4n) is 2.06. The predicted octanol–water partition coefficient (Wildman–Crippen LogP) is 1.42. The molecule has 1 aromatic carbocycles. The summed E-state index contributed by atoms with van der Waals surface area (Å²) in [6.45, 7) is 1.74. The topological polar surface area (TPSA) is 77.1 Å². The Labute approximate surface area is 144 Å². The van der Waals surface area contributed by atoms with E-state index in [-0.39, 0.29) is 27.5 Å². The summed E-state index contributed by atoms with van der Waals surface area (Å²) in [4.78, 5) is 4.26. The molecule has 0 aliphatic heterocycles. The number of aliphatic hydroxyl groups is 2. The molecule has 0 saturated carbocycles. The molecule has 0 bridgehead atoms. The van der Waals surface area contributed by atoms with Gasteiger partial charge in [-0.2, -0.15) is 5.26 Å². The summed E-state index contributed by atoms with van der Waals surface area (Å²) in [6.07, 6.45) is -0.266. The summed E-state index contributed by atoms with van der Waals surface area (Å²) < 4.78 is 13.8. The summed E-state index contributed by atoms with van der Waals surface area (Å²) in [5, 5.41) is 25.9. The number of nitriles is 1. The van der Waals surface area contributed by atoms with Gasteiger partial charge in [-0.1, -0.05) is 5.46 Å². The van der Waals surface area contributed by atoms with E-state index in [1.807, 2.05) is 6.07 Å². The fourth-order valence-corrected chi connectivity index (χ4v) is 2.06. The van der Waals surface area contributed by atoms with Crippen LogP contribution in [0.15, 0.2) is 18.2 Å². The number of fused-ring (bicyclic) bond motifs is 1. The van der Waals surface area contributed by atoms with Gasteiger partial charge in [-0.3, -0.25) is 4.98 Å². The van der Waals surface area contributed by atoms with Crippen LogP contribution in [0.5, 0.6) is 0 Å². The molecule has 0 saturated heterocycles. The summed E-state index contributed by atoms with van der Waals surface area (Å²) >= 11 is 0. The van der Waals surface area contributed by atoms with Gasteiger partial charge in [-0.15, -0.1) is 0 Å². The number of halogens is 1. The van der Waals surface area contributed by atoms with Crippen LogP contribution >= 0.6 is 0 Å². The molecule has 2 N–H and O–H groups in total. The van der Waals surface area contributed by atoms with E-state index in [0.717, 1.165) is 7.11 Å². The molecule has 22 heavy (non-hydrogen) atoms. The smallest absolute Gasteiger partial charge is 0.132 e. The number of hydrogen-bond donors (Lipinski definition) is 2. The van der Waals surface area contributed by atoms with Gasteiger partial charge in [0, 0.05) is 51.2 Å². The summed E-state index contributed by atoms with van der Waals surface area (Å²) in [7, 11) is 6.57. The number of aromatic nitrogens is 1. The minimum Gasteiger partial charge on any atom is -0.400 e. The first-order chi connectivity index (χ1) is 10.0. The first-order valence-corrected chi connectivity index (χ1v) is 6.39. The van der Waals surface area contributed by atoms with Crippen molar-refractivity contribution >= 4 is 24.2 Å². The van der Waals surface area contributed by atoms with Crippen molar-refractivity contribution < 1.29 is 35.7 Å². The molecule has 1 atom stereocenters. The van der Waals surface area contributed by atoms with Gasteiger partial charge in [-0.25, -0.2) is 4.39 Å². The van der Waals surface area contributed by atoms with Gasteiger partial charge in [0.05, 0.1) is 17.7 Å². The van der Waals surface area contributed by atoms with Crippen molar-refractivity contribution in [2.45, 2.75) is 25.9 Å². The second-order valence-electron chi connectivity index (χ2n) is 4.45. The first-order valence-electron chi connectivity index (χ1n) is 6.39. The van der Waals surface area contributed by atoms with Crippen LogP contribution in [-0.2, 0) is 21.1 Å². The Morgan fingerprint density at radius 3 is 2.59 bits per heavy atom. The average molecular weight is 470 g/mol. The van der Waals surface area contributed by atoms with E-state index in [2.05, 4.69) is 4.98 Å². The molecule has 0 aliphatic rings. The Morgan fingerprint density at radius 1 is 1.36 bits per heavy atom. The molecule has 2 rings (SSSR count). The quantitative estimate of drug-likeness (QED) is 0.667. The maximum atomic E-state index is 13.8. The molecule has 0 fully saturated rings. The van der Waals surface area contributed by atoms with Crippen molar-refractivity contribution in [1.82, 2.24) is 4.98 Å². The van der Waals surface area contributed by atoms with Crippen molar-refractivity contribution in [1.29, 1.82) is 5.26 Å². The number of aryl methyl sites for hydroxylation is 1. The zero-order valence-electron chi connectivity index (χ0n) is 12.4. The van der Waals surface area contributed by atoms with E-state index in [0.29, 0.717) is 34.0 Å². The normalized spacial score (nSPS) is 10.9. The molecule has 7 heteroatoms. The SMILES string of the molecule is CO.[B]c1cc(F)c2cc(C(O)CCC#N)c(C)nc2c1.[W]. The van der Waals surface area contributed by atoms with Crippen LogP contribution in [0.4, 0.5) is 4.39 Å². The van der Waals surface area contributed by atoms with Crippen molar-refractivity contribution in [2.24, 2.45) is 0 Å². The third kappa shape index (κ3) is 4.88. The number of rotatable bonds is 3. The van der Waals surface area contributed by atoms with Crippen molar-refractivity contribution in [2.75, 3.05) is 7.11 Å². The predicted molar refractivity (Wildman–Crippen MR) is 79.8 cm³/mol. The molecule has 2 radical (unpaired) electrons. The Bertz CT molecular complexity index is 677. The molecule has 1 aromatic heterocycles. The molecular weight excluding hydrogens is 454 g/mol. The first kappa shape index (κ1) is 20.7. The van der Waals surface area contributed by atoms with Crippen molar-refractivity contribution in [3.05, 3.63) is 35.3 Å². The van der Waals surface area contributed by atoms with Gasteiger partial charge in [0.2, 0.25) is 0 Å². The maximum absolute atomic E-state index is 13.8. The monoisotopic (exact) mass is 470 g/mol. The third-order valence-electron chi connectivity index (χ3n) is 3.02. The Balaban J connectivity index is 0.00000141. The standard InChI is InChI=1S/C14H12BFN2O.CH4O.W/c1-8-10(14(19)3-2-4-17)7-11-12(16)5-9(15)6-13(11)18-8;1-2;/h5-7,14,19H,2-3H2,1H3;2H,1H3;. The number of nitrogens with zero attached hydrogens (tertiary/aromatic N) is 2. The average Bonchev–Trinajstić information content (AvgIpc) is 2.46. The molecule has 0 aliphatic carbocycles. The van der Waals surface area contributed by atoms with Crippen LogP contribution < -0.4 is 5.46 Å². The van der Waals surface area contributed by atoms with Crippen LogP contribution in [0.2, 0.25) is 0 Å². The maximum Gasteiger partial charge on any atom is 0.132 e. The summed E-state index contributed by atoms with van der Waals surface area (Å²) in [5.41, 5.74) is 1.94. The van der Waals surface area contributed by atoms with Crippen LogP contribution in [0.25, 0.3) is 10.9 Å². The van der Waals surface area contributed by atoms with Crippen LogP contribution in [-0.4, -0.2) is 30.2 Å².